The molecule has 0 spiro atoms. The van der Waals surface area contributed by atoms with Crippen molar-refractivity contribution in [1.82, 2.24) is 4.72 Å². The summed E-state index contributed by atoms with van der Waals surface area (Å²) >= 11 is 0. The number of hydrogen-bond acceptors (Lipinski definition) is 3. The molecule has 0 amide bonds. The smallest absolute Gasteiger partial charge is 0.211 e. The van der Waals surface area contributed by atoms with E-state index in [-0.39, 0.29) is 11.5 Å². The maximum atomic E-state index is 11.5. The summed E-state index contributed by atoms with van der Waals surface area (Å²) in [6.45, 7) is 2.25. The van der Waals surface area contributed by atoms with E-state index >= 15 is 0 Å². The molecular formula is C15H19NO3S. The quantitative estimate of drug-likeness (QED) is 0.859. The Kier molecular flexibility index (Phi) is 4.62. The molecule has 0 unspecified atom stereocenters. The highest BCUT2D eigenvalue weighted by molar-refractivity contribution is 7.89. The maximum absolute atomic E-state index is 11.5. The molecule has 2 N–H and O–H groups in total. The Morgan fingerprint density at radius 1 is 1.10 bits per heavy atom. The molecule has 0 aliphatic heterocycles. The summed E-state index contributed by atoms with van der Waals surface area (Å²) in [5.41, 5.74) is 1.07. The van der Waals surface area contributed by atoms with Gasteiger partial charge in [-0.3, -0.25) is 0 Å². The Morgan fingerprint density at radius 2 is 1.80 bits per heavy atom. The molecule has 0 radical (unpaired) electrons. The molecule has 2 aromatic carbocycles. The van der Waals surface area contributed by atoms with Gasteiger partial charge in [0, 0.05) is 6.54 Å². The molecule has 0 saturated carbocycles. The summed E-state index contributed by atoms with van der Waals surface area (Å²) in [4.78, 5) is 0. The lowest BCUT2D eigenvalue weighted by atomic mass is 10.1. The van der Waals surface area contributed by atoms with Gasteiger partial charge in [0.2, 0.25) is 10.0 Å². The summed E-state index contributed by atoms with van der Waals surface area (Å²) in [6, 6.07) is 11.1. The van der Waals surface area contributed by atoms with Crippen LogP contribution >= 0.6 is 0 Å². The summed E-state index contributed by atoms with van der Waals surface area (Å²) in [7, 11) is -3.13. The second kappa shape index (κ2) is 6.24. The number of rotatable bonds is 6. The third-order valence-corrected chi connectivity index (χ3v) is 4.69. The highest BCUT2D eigenvalue weighted by Gasteiger charge is 2.07. The second-order valence-corrected chi connectivity index (χ2v) is 6.76. The lowest BCUT2D eigenvalue weighted by Crippen LogP contribution is -2.28. The Balaban J connectivity index is 2.02. The Hall–Kier alpha value is -1.59. The zero-order chi connectivity index (χ0) is 14.6. The van der Waals surface area contributed by atoms with Crippen LogP contribution < -0.4 is 4.72 Å². The SMILES string of the molecule is CCCS(=O)(=O)NCCc1ccc2cc(O)ccc2c1. The van der Waals surface area contributed by atoms with Gasteiger partial charge in [-0.1, -0.05) is 31.2 Å². The molecule has 5 heteroatoms. The van der Waals surface area contributed by atoms with E-state index in [2.05, 4.69) is 4.72 Å². The molecule has 108 valence electrons. The number of nitrogens with one attached hydrogen (secondary N) is 1. The summed E-state index contributed by atoms with van der Waals surface area (Å²) in [5, 5.41) is 11.4. The van der Waals surface area contributed by atoms with Crippen LogP contribution in [0.25, 0.3) is 10.8 Å². The van der Waals surface area contributed by atoms with Crippen LogP contribution in [0.2, 0.25) is 0 Å². The van der Waals surface area contributed by atoms with Crippen molar-refractivity contribution in [2.24, 2.45) is 0 Å². The predicted octanol–water partition coefficient (Wildman–Crippen LogP) is 2.42. The van der Waals surface area contributed by atoms with Gasteiger partial charge in [0.05, 0.1) is 5.75 Å². The number of phenols is 1. The van der Waals surface area contributed by atoms with Crippen LogP contribution in [0.5, 0.6) is 5.75 Å². The molecule has 0 bridgehead atoms. The van der Waals surface area contributed by atoms with Crippen LogP contribution in [0.4, 0.5) is 0 Å². The predicted molar refractivity (Wildman–Crippen MR) is 81.4 cm³/mol. The third kappa shape index (κ3) is 3.95. The van der Waals surface area contributed by atoms with E-state index in [0.717, 1.165) is 16.3 Å². The molecule has 0 aromatic heterocycles. The van der Waals surface area contributed by atoms with Gasteiger partial charge in [0.15, 0.2) is 0 Å². The second-order valence-electron chi connectivity index (χ2n) is 4.83. The summed E-state index contributed by atoms with van der Waals surface area (Å²) in [5.74, 6) is 0.418. The third-order valence-electron chi connectivity index (χ3n) is 3.10. The van der Waals surface area contributed by atoms with Gasteiger partial charge in [-0.05, 0) is 41.3 Å². The van der Waals surface area contributed by atoms with E-state index in [9.17, 15) is 13.5 Å². The molecule has 0 heterocycles. The topological polar surface area (TPSA) is 66.4 Å². The first kappa shape index (κ1) is 14.8. The van der Waals surface area contributed by atoms with Gasteiger partial charge in [0.1, 0.15) is 5.75 Å². The average Bonchev–Trinajstić information content (AvgIpc) is 2.38. The standard InChI is InChI=1S/C15H19NO3S/c1-2-9-20(18,19)16-8-7-12-3-4-14-11-15(17)6-5-13(14)10-12/h3-6,10-11,16-17H,2,7-9H2,1H3. The van der Waals surface area contributed by atoms with Crippen molar-refractivity contribution in [2.45, 2.75) is 19.8 Å². The van der Waals surface area contributed by atoms with E-state index in [4.69, 9.17) is 0 Å². The minimum Gasteiger partial charge on any atom is -0.508 e. The number of benzene rings is 2. The first-order valence-electron chi connectivity index (χ1n) is 6.69. The van der Waals surface area contributed by atoms with Crippen molar-refractivity contribution in [3.05, 3.63) is 42.0 Å². The van der Waals surface area contributed by atoms with E-state index < -0.39 is 10.0 Å². The van der Waals surface area contributed by atoms with Crippen LogP contribution in [0.15, 0.2) is 36.4 Å². The normalized spacial score (nSPS) is 11.8. The lowest BCUT2D eigenvalue weighted by Gasteiger charge is -2.07. The number of sulfonamides is 1. The average molecular weight is 293 g/mol. The number of fused-ring (bicyclic) bond motifs is 1. The molecule has 0 aliphatic rings. The first-order valence-corrected chi connectivity index (χ1v) is 8.34. The van der Waals surface area contributed by atoms with E-state index in [1.165, 1.54) is 0 Å². The number of aromatic hydroxyl groups is 1. The molecule has 0 atom stereocenters. The van der Waals surface area contributed by atoms with Crippen LogP contribution in [-0.4, -0.2) is 25.8 Å². The van der Waals surface area contributed by atoms with Gasteiger partial charge in [0.25, 0.3) is 0 Å². The van der Waals surface area contributed by atoms with Crippen molar-refractivity contribution >= 4 is 20.8 Å². The molecule has 2 rings (SSSR count). The van der Waals surface area contributed by atoms with Crippen molar-refractivity contribution in [3.63, 3.8) is 0 Å². The van der Waals surface area contributed by atoms with Gasteiger partial charge in [-0.15, -0.1) is 0 Å². The van der Waals surface area contributed by atoms with Crippen molar-refractivity contribution < 1.29 is 13.5 Å². The van der Waals surface area contributed by atoms with Crippen LogP contribution in [-0.2, 0) is 16.4 Å². The van der Waals surface area contributed by atoms with Gasteiger partial charge >= 0.3 is 0 Å². The van der Waals surface area contributed by atoms with Crippen molar-refractivity contribution in [3.8, 4) is 5.75 Å². The Labute approximate surface area is 119 Å². The molecule has 0 aliphatic carbocycles. The highest BCUT2D eigenvalue weighted by Crippen LogP contribution is 2.21. The molecule has 0 saturated heterocycles. The fourth-order valence-electron chi connectivity index (χ4n) is 2.13. The fraction of sp³-hybridized carbons (Fsp3) is 0.333. The lowest BCUT2D eigenvalue weighted by molar-refractivity contribution is 0.476. The molecule has 20 heavy (non-hydrogen) atoms. The largest absolute Gasteiger partial charge is 0.508 e. The Morgan fingerprint density at radius 3 is 2.55 bits per heavy atom. The van der Waals surface area contributed by atoms with Crippen LogP contribution in [0.1, 0.15) is 18.9 Å². The fourth-order valence-corrected chi connectivity index (χ4v) is 3.22. The number of phenolic OH excluding ortho intramolecular Hbond substituents is 1. The molecule has 4 nitrogen and oxygen atoms in total. The van der Waals surface area contributed by atoms with E-state index in [1.807, 2.05) is 31.2 Å². The van der Waals surface area contributed by atoms with Gasteiger partial charge in [-0.2, -0.15) is 0 Å². The van der Waals surface area contributed by atoms with Crippen molar-refractivity contribution in [1.29, 1.82) is 0 Å². The van der Waals surface area contributed by atoms with Crippen molar-refractivity contribution in [2.75, 3.05) is 12.3 Å². The summed E-state index contributed by atoms with van der Waals surface area (Å²) in [6.07, 6.45) is 1.27. The maximum Gasteiger partial charge on any atom is 0.211 e. The van der Waals surface area contributed by atoms with Gasteiger partial charge < -0.3 is 5.11 Å². The summed E-state index contributed by atoms with van der Waals surface area (Å²) < 4.78 is 25.7. The minimum atomic E-state index is -3.13. The zero-order valence-electron chi connectivity index (χ0n) is 11.5. The number of hydrogen-bond donors (Lipinski definition) is 2. The molecule has 0 fully saturated rings. The highest BCUT2D eigenvalue weighted by atomic mass is 32.2. The minimum absolute atomic E-state index is 0.171. The Bertz CT molecular complexity index is 695. The zero-order valence-corrected chi connectivity index (χ0v) is 12.3. The first-order chi connectivity index (χ1) is 9.50. The van der Waals surface area contributed by atoms with E-state index in [1.54, 1.807) is 12.1 Å². The van der Waals surface area contributed by atoms with Gasteiger partial charge in [-0.25, -0.2) is 13.1 Å². The van der Waals surface area contributed by atoms with E-state index in [0.29, 0.717) is 19.4 Å². The monoisotopic (exact) mass is 293 g/mol. The molecule has 2 aromatic rings. The van der Waals surface area contributed by atoms with Crippen LogP contribution in [0, 0.1) is 0 Å². The van der Waals surface area contributed by atoms with Crippen LogP contribution in [0.3, 0.4) is 0 Å². The molecular weight excluding hydrogens is 274 g/mol.